The van der Waals surface area contributed by atoms with Crippen molar-refractivity contribution in [3.8, 4) is 45.1 Å². The average Bonchev–Trinajstić information content (AvgIpc) is 3.70. The minimum atomic E-state index is 0.556. The Kier molecular flexibility index (Phi) is 6.22. The number of rotatable bonds is 4. The van der Waals surface area contributed by atoms with Crippen molar-refractivity contribution in [1.82, 2.24) is 4.57 Å². The molecular formula is C44H25N3O. The quantitative estimate of drug-likeness (QED) is 0.186. The van der Waals surface area contributed by atoms with E-state index in [1.165, 1.54) is 10.8 Å². The Morgan fingerprint density at radius 1 is 0.542 bits per heavy atom. The van der Waals surface area contributed by atoms with Gasteiger partial charge in [0, 0.05) is 32.8 Å². The van der Waals surface area contributed by atoms with Gasteiger partial charge in [0.05, 0.1) is 29.2 Å². The molecule has 0 saturated carbocycles. The Labute approximate surface area is 276 Å². The van der Waals surface area contributed by atoms with Crippen LogP contribution in [0.15, 0.2) is 156 Å². The number of para-hydroxylation sites is 3. The Bertz CT molecular complexity index is 2750. The van der Waals surface area contributed by atoms with Crippen molar-refractivity contribution in [2.24, 2.45) is 0 Å². The second-order valence-electron chi connectivity index (χ2n) is 12.0. The molecule has 0 amide bonds. The summed E-state index contributed by atoms with van der Waals surface area (Å²) in [5.74, 6) is 0. The zero-order chi connectivity index (χ0) is 32.2. The number of aromatic nitrogens is 1. The Morgan fingerprint density at radius 2 is 1.17 bits per heavy atom. The highest BCUT2D eigenvalue weighted by Gasteiger charge is 2.18. The van der Waals surface area contributed by atoms with Crippen molar-refractivity contribution in [3.05, 3.63) is 169 Å². The van der Waals surface area contributed by atoms with E-state index in [-0.39, 0.29) is 0 Å². The Hall–Kier alpha value is -6.88. The van der Waals surface area contributed by atoms with E-state index in [1.54, 1.807) is 0 Å². The van der Waals surface area contributed by atoms with Gasteiger partial charge in [-0.3, -0.25) is 0 Å². The zero-order valence-corrected chi connectivity index (χ0v) is 25.7. The minimum Gasteiger partial charge on any atom is -0.455 e. The molecule has 48 heavy (non-hydrogen) atoms. The summed E-state index contributed by atoms with van der Waals surface area (Å²) in [6.07, 6.45) is 0. The van der Waals surface area contributed by atoms with Crippen LogP contribution in [-0.4, -0.2) is 4.57 Å². The summed E-state index contributed by atoms with van der Waals surface area (Å²) in [6, 6.07) is 53.7. The van der Waals surface area contributed by atoms with Gasteiger partial charge in [-0.1, -0.05) is 84.9 Å². The van der Waals surface area contributed by atoms with Crippen molar-refractivity contribution in [2.75, 3.05) is 0 Å². The average molecular weight is 612 g/mol. The van der Waals surface area contributed by atoms with E-state index >= 15 is 0 Å². The molecule has 2 aromatic heterocycles. The van der Waals surface area contributed by atoms with Crippen LogP contribution in [0.4, 0.5) is 5.69 Å². The number of fused-ring (bicyclic) bond motifs is 6. The molecule has 0 radical (unpaired) electrons. The molecular weight excluding hydrogens is 587 g/mol. The molecule has 0 spiro atoms. The van der Waals surface area contributed by atoms with Crippen molar-refractivity contribution < 1.29 is 4.42 Å². The first-order valence-electron chi connectivity index (χ1n) is 15.8. The molecule has 0 aliphatic carbocycles. The fourth-order valence-electron chi connectivity index (χ4n) is 7.01. The molecule has 0 N–H and O–H groups in total. The first-order chi connectivity index (χ1) is 23.7. The zero-order valence-electron chi connectivity index (χ0n) is 25.7. The molecule has 4 nitrogen and oxygen atoms in total. The van der Waals surface area contributed by atoms with Crippen LogP contribution < -0.4 is 0 Å². The second kappa shape index (κ2) is 10.9. The van der Waals surface area contributed by atoms with Crippen molar-refractivity contribution in [1.29, 1.82) is 5.26 Å². The third-order valence-electron chi connectivity index (χ3n) is 9.16. The number of nitriles is 1. The largest absolute Gasteiger partial charge is 0.455 e. The van der Waals surface area contributed by atoms with E-state index in [0.717, 1.165) is 72.0 Å². The first-order valence-corrected chi connectivity index (χ1v) is 15.8. The van der Waals surface area contributed by atoms with E-state index in [1.807, 2.05) is 60.7 Å². The maximum absolute atomic E-state index is 10.1. The van der Waals surface area contributed by atoms with Gasteiger partial charge in [-0.2, -0.15) is 5.26 Å². The fourth-order valence-corrected chi connectivity index (χ4v) is 7.01. The standard InChI is InChI=1S/C44H25N3O/c1-46-34-22-31(23-35(26-34)47-41-16-8-5-13-36(41)37-14-6-9-17-42(37)47)32-24-39(44-40(25-32)38-15-7-10-18-43(38)48-44)33-20-28(27-45)19-30(21-33)29-11-3-2-4-12-29/h2-26H. The summed E-state index contributed by atoms with van der Waals surface area (Å²) >= 11 is 0. The predicted octanol–water partition coefficient (Wildman–Crippen LogP) is 12.1. The monoisotopic (exact) mass is 611 g/mol. The summed E-state index contributed by atoms with van der Waals surface area (Å²) in [7, 11) is 0. The summed E-state index contributed by atoms with van der Waals surface area (Å²) in [5, 5.41) is 14.4. The molecule has 0 aliphatic heterocycles. The van der Waals surface area contributed by atoms with Crippen LogP contribution in [0.2, 0.25) is 0 Å². The highest BCUT2D eigenvalue weighted by molar-refractivity contribution is 6.12. The third kappa shape index (κ3) is 4.36. The smallest absolute Gasteiger partial charge is 0.189 e. The van der Waals surface area contributed by atoms with Crippen LogP contribution in [0, 0.1) is 17.9 Å². The molecule has 0 fully saturated rings. The fraction of sp³-hybridized carbons (Fsp3) is 0. The molecule has 0 atom stereocenters. The highest BCUT2D eigenvalue weighted by Crippen LogP contribution is 2.42. The lowest BCUT2D eigenvalue weighted by Gasteiger charge is -2.14. The summed E-state index contributed by atoms with van der Waals surface area (Å²) in [4.78, 5) is 3.92. The van der Waals surface area contributed by atoms with E-state index < -0.39 is 0 Å². The molecule has 0 aliphatic rings. The van der Waals surface area contributed by atoms with Crippen LogP contribution in [0.3, 0.4) is 0 Å². The van der Waals surface area contributed by atoms with Gasteiger partial charge < -0.3 is 8.98 Å². The molecule has 0 bridgehead atoms. The Morgan fingerprint density at radius 3 is 1.90 bits per heavy atom. The van der Waals surface area contributed by atoms with E-state index in [0.29, 0.717) is 11.3 Å². The molecule has 0 unspecified atom stereocenters. The number of nitrogens with zero attached hydrogens (tertiary/aromatic N) is 3. The van der Waals surface area contributed by atoms with E-state index in [4.69, 9.17) is 11.0 Å². The van der Waals surface area contributed by atoms with Gasteiger partial charge >= 0.3 is 0 Å². The molecule has 0 saturated heterocycles. The van der Waals surface area contributed by atoms with Gasteiger partial charge in [0.25, 0.3) is 0 Å². The maximum Gasteiger partial charge on any atom is 0.189 e. The highest BCUT2D eigenvalue weighted by atomic mass is 16.3. The molecule has 7 aromatic carbocycles. The van der Waals surface area contributed by atoms with Crippen LogP contribution >= 0.6 is 0 Å². The second-order valence-corrected chi connectivity index (χ2v) is 12.0. The summed E-state index contributed by atoms with van der Waals surface area (Å²) < 4.78 is 8.78. The number of furan rings is 1. The number of hydrogen-bond acceptors (Lipinski definition) is 2. The van der Waals surface area contributed by atoms with Crippen molar-refractivity contribution in [3.63, 3.8) is 0 Å². The van der Waals surface area contributed by atoms with Crippen LogP contribution in [-0.2, 0) is 0 Å². The minimum absolute atomic E-state index is 0.556. The lowest BCUT2D eigenvalue weighted by atomic mass is 9.92. The van der Waals surface area contributed by atoms with Crippen LogP contribution in [0.5, 0.6) is 0 Å². The van der Waals surface area contributed by atoms with Gasteiger partial charge in [-0.05, 0) is 94.5 Å². The van der Waals surface area contributed by atoms with Crippen LogP contribution in [0.25, 0.3) is 87.7 Å². The first kappa shape index (κ1) is 27.4. The van der Waals surface area contributed by atoms with Gasteiger partial charge in [-0.25, -0.2) is 4.85 Å². The summed E-state index contributed by atoms with van der Waals surface area (Å²) in [6.45, 7) is 8.06. The van der Waals surface area contributed by atoms with Gasteiger partial charge in [0.1, 0.15) is 11.2 Å². The van der Waals surface area contributed by atoms with Gasteiger partial charge in [0.15, 0.2) is 5.69 Å². The maximum atomic E-state index is 10.1. The SMILES string of the molecule is [C-]#[N+]c1cc(-c2cc(-c3cc(C#N)cc(-c4ccccc4)c3)c3oc4ccccc4c3c2)cc(-n2c3ccccc3c3ccccc32)c1. The molecule has 9 aromatic rings. The van der Waals surface area contributed by atoms with E-state index in [9.17, 15) is 5.26 Å². The van der Waals surface area contributed by atoms with Crippen molar-refractivity contribution >= 4 is 49.4 Å². The lowest BCUT2D eigenvalue weighted by molar-refractivity contribution is 0.670. The third-order valence-corrected chi connectivity index (χ3v) is 9.16. The number of hydrogen-bond donors (Lipinski definition) is 0. The summed E-state index contributed by atoms with van der Waals surface area (Å²) in [5.41, 5.74) is 11.5. The van der Waals surface area contributed by atoms with Gasteiger partial charge in [0.2, 0.25) is 0 Å². The van der Waals surface area contributed by atoms with Crippen LogP contribution in [0.1, 0.15) is 5.56 Å². The van der Waals surface area contributed by atoms with E-state index in [2.05, 4.69) is 106 Å². The topological polar surface area (TPSA) is 46.2 Å². The Balaban J connectivity index is 1.33. The van der Waals surface area contributed by atoms with Gasteiger partial charge in [-0.15, -0.1) is 0 Å². The predicted molar refractivity (Wildman–Crippen MR) is 195 cm³/mol. The lowest BCUT2D eigenvalue weighted by Crippen LogP contribution is -1.94. The molecule has 2 heterocycles. The normalized spacial score (nSPS) is 11.3. The molecule has 222 valence electrons. The number of benzene rings is 7. The molecule has 9 rings (SSSR count). The van der Waals surface area contributed by atoms with Crippen molar-refractivity contribution in [2.45, 2.75) is 0 Å². The molecule has 4 heteroatoms.